The first-order chi connectivity index (χ1) is 21.1. The highest BCUT2D eigenvalue weighted by atomic mass is 16.6. The van der Waals surface area contributed by atoms with Crippen molar-refractivity contribution in [3.63, 3.8) is 0 Å². The highest BCUT2D eigenvalue weighted by molar-refractivity contribution is 6.27. The van der Waals surface area contributed by atoms with E-state index in [9.17, 15) is 14.4 Å². The van der Waals surface area contributed by atoms with E-state index in [0.29, 0.717) is 31.0 Å². The highest BCUT2D eigenvalue weighted by Crippen LogP contribution is 2.34. The van der Waals surface area contributed by atoms with Crippen LogP contribution in [0, 0.1) is 0 Å². The maximum atomic E-state index is 13.3. The van der Waals surface area contributed by atoms with Crippen molar-refractivity contribution >= 4 is 29.3 Å². The predicted octanol–water partition coefficient (Wildman–Crippen LogP) is 8.77. The Bertz CT molecular complexity index is 1180. The van der Waals surface area contributed by atoms with Gasteiger partial charge in [0.2, 0.25) is 0 Å². The summed E-state index contributed by atoms with van der Waals surface area (Å²) in [5.74, 6) is -0.761. The molecule has 0 saturated carbocycles. The summed E-state index contributed by atoms with van der Waals surface area (Å²) in [5.41, 5.74) is 2.11. The molecule has 4 rings (SSSR count). The summed E-state index contributed by atoms with van der Waals surface area (Å²) in [4.78, 5) is 41.8. The average molecular weight is 591 g/mol. The van der Waals surface area contributed by atoms with Gasteiger partial charge in [-0.05, 0) is 36.6 Å². The second-order valence-electron chi connectivity index (χ2n) is 11.9. The average Bonchev–Trinajstić information content (AvgIpc) is 3.58. The first-order valence-electron chi connectivity index (χ1n) is 16.8. The standard InChI is InChI=1S/C36H50N2O5/c1-2-3-4-5-6-7-8-9-10-11-12-13-14-15-16-21-28-42-32-25-20-19-24-31(32)38-35(40)33(43-36(38)41)34(39)37-27-26-29-22-17-18-23-30(29)37/h17-20,22-25,33H,2-16,21,26-28H2,1H3. The fourth-order valence-electron chi connectivity index (χ4n) is 6.09. The van der Waals surface area contributed by atoms with Crippen LogP contribution in [0.1, 0.15) is 115 Å². The largest absolute Gasteiger partial charge is 0.491 e. The molecular weight excluding hydrogens is 540 g/mol. The van der Waals surface area contributed by atoms with E-state index in [1.807, 2.05) is 30.3 Å². The molecule has 43 heavy (non-hydrogen) atoms. The Morgan fingerprint density at radius 3 is 1.91 bits per heavy atom. The topological polar surface area (TPSA) is 76.2 Å². The van der Waals surface area contributed by atoms with Crippen LogP contribution in [0.4, 0.5) is 16.2 Å². The van der Waals surface area contributed by atoms with Crippen molar-refractivity contribution in [2.45, 2.75) is 122 Å². The maximum absolute atomic E-state index is 13.3. The van der Waals surface area contributed by atoms with E-state index in [-0.39, 0.29) is 0 Å². The van der Waals surface area contributed by atoms with Crippen LogP contribution >= 0.6 is 0 Å². The van der Waals surface area contributed by atoms with Gasteiger partial charge in [0.05, 0.1) is 12.3 Å². The number of imide groups is 1. The quantitative estimate of drug-likeness (QED) is 0.114. The second kappa shape index (κ2) is 17.7. The Hall–Kier alpha value is -3.35. The number of benzene rings is 2. The predicted molar refractivity (Wildman–Crippen MR) is 172 cm³/mol. The van der Waals surface area contributed by atoms with Crippen LogP contribution in [-0.2, 0) is 20.7 Å². The molecule has 2 aromatic carbocycles. The minimum absolute atomic E-state index is 0.311. The van der Waals surface area contributed by atoms with Gasteiger partial charge < -0.3 is 14.4 Å². The summed E-state index contributed by atoms with van der Waals surface area (Å²) in [6.07, 6.45) is 19.3. The molecule has 1 atom stereocenters. The van der Waals surface area contributed by atoms with Crippen LogP contribution in [0.3, 0.4) is 0 Å². The van der Waals surface area contributed by atoms with Crippen molar-refractivity contribution < 1.29 is 23.9 Å². The van der Waals surface area contributed by atoms with Crippen LogP contribution < -0.4 is 14.5 Å². The molecule has 1 saturated heterocycles. The first-order valence-corrected chi connectivity index (χ1v) is 16.8. The normalized spacial score (nSPS) is 16.1. The third-order valence-electron chi connectivity index (χ3n) is 8.59. The Balaban J connectivity index is 1.12. The molecule has 0 radical (unpaired) electrons. The number of hydrogen-bond acceptors (Lipinski definition) is 5. The number of fused-ring (bicyclic) bond motifs is 1. The van der Waals surface area contributed by atoms with E-state index in [2.05, 4.69) is 6.92 Å². The van der Waals surface area contributed by atoms with E-state index >= 15 is 0 Å². The lowest BCUT2D eigenvalue weighted by Gasteiger charge is -2.19. The van der Waals surface area contributed by atoms with E-state index in [4.69, 9.17) is 9.47 Å². The minimum atomic E-state index is -1.49. The van der Waals surface area contributed by atoms with Crippen LogP contribution in [0.15, 0.2) is 48.5 Å². The summed E-state index contributed by atoms with van der Waals surface area (Å²) >= 11 is 0. The van der Waals surface area contributed by atoms with Gasteiger partial charge in [-0.15, -0.1) is 0 Å². The highest BCUT2D eigenvalue weighted by Gasteiger charge is 2.49. The number of hydrogen-bond donors (Lipinski definition) is 0. The third kappa shape index (κ3) is 9.32. The molecule has 0 spiro atoms. The number of amides is 3. The molecule has 234 valence electrons. The van der Waals surface area contributed by atoms with E-state index in [1.165, 1.54) is 94.8 Å². The molecule has 0 bridgehead atoms. The van der Waals surface area contributed by atoms with Gasteiger partial charge in [0, 0.05) is 12.2 Å². The van der Waals surface area contributed by atoms with Gasteiger partial charge in [-0.1, -0.05) is 134 Å². The van der Waals surface area contributed by atoms with Gasteiger partial charge in [0.25, 0.3) is 17.9 Å². The number of para-hydroxylation sites is 3. The Morgan fingerprint density at radius 1 is 0.744 bits per heavy atom. The number of carbonyl (C=O) groups is 3. The summed E-state index contributed by atoms with van der Waals surface area (Å²) in [5, 5.41) is 0. The number of rotatable bonds is 20. The van der Waals surface area contributed by atoms with Gasteiger partial charge in [0.1, 0.15) is 5.75 Å². The number of anilines is 2. The minimum Gasteiger partial charge on any atom is -0.491 e. The monoisotopic (exact) mass is 590 g/mol. The Labute approximate surface area is 257 Å². The Morgan fingerprint density at radius 2 is 1.28 bits per heavy atom. The van der Waals surface area contributed by atoms with Crippen LogP contribution in [0.5, 0.6) is 5.75 Å². The van der Waals surface area contributed by atoms with Gasteiger partial charge in [-0.3, -0.25) is 9.59 Å². The lowest BCUT2D eigenvalue weighted by atomic mass is 10.0. The van der Waals surface area contributed by atoms with Gasteiger partial charge in [-0.25, -0.2) is 9.69 Å². The van der Waals surface area contributed by atoms with Crippen molar-refractivity contribution in [3.05, 3.63) is 54.1 Å². The molecule has 1 unspecified atom stereocenters. The van der Waals surface area contributed by atoms with E-state index in [0.717, 1.165) is 29.0 Å². The zero-order chi connectivity index (χ0) is 30.3. The molecule has 2 aromatic rings. The molecule has 2 aliphatic heterocycles. The van der Waals surface area contributed by atoms with Crippen LogP contribution in [0.2, 0.25) is 0 Å². The third-order valence-corrected chi connectivity index (χ3v) is 8.59. The van der Waals surface area contributed by atoms with Gasteiger partial charge >= 0.3 is 6.09 Å². The fourth-order valence-corrected chi connectivity index (χ4v) is 6.09. The number of nitrogens with zero attached hydrogens (tertiary/aromatic N) is 2. The van der Waals surface area contributed by atoms with Crippen molar-refractivity contribution in [1.29, 1.82) is 0 Å². The number of cyclic esters (lactones) is 1. The Kier molecular flexibility index (Phi) is 13.4. The van der Waals surface area contributed by atoms with E-state index in [1.54, 1.807) is 18.2 Å². The maximum Gasteiger partial charge on any atom is 0.422 e. The molecule has 1 fully saturated rings. The van der Waals surface area contributed by atoms with Gasteiger partial charge in [0.15, 0.2) is 0 Å². The molecular formula is C36H50N2O5. The second-order valence-corrected chi connectivity index (χ2v) is 11.9. The number of unbranched alkanes of at least 4 members (excludes halogenated alkanes) is 15. The molecule has 0 aromatic heterocycles. The first kappa shape index (κ1) is 32.6. The summed E-state index contributed by atoms with van der Waals surface area (Å²) < 4.78 is 11.3. The summed E-state index contributed by atoms with van der Waals surface area (Å²) in [7, 11) is 0. The zero-order valence-corrected chi connectivity index (χ0v) is 26.1. The van der Waals surface area contributed by atoms with Crippen LogP contribution in [-0.4, -0.2) is 37.2 Å². The number of carbonyl (C=O) groups excluding carboxylic acids is 3. The molecule has 3 amide bonds. The lowest BCUT2D eigenvalue weighted by molar-refractivity contribution is -0.134. The summed E-state index contributed by atoms with van der Waals surface area (Å²) in [6.45, 7) is 3.23. The van der Waals surface area contributed by atoms with Crippen LogP contribution in [0.25, 0.3) is 0 Å². The molecule has 2 heterocycles. The molecule has 0 aliphatic carbocycles. The smallest absolute Gasteiger partial charge is 0.422 e. The van der Waals surface area contributed by atoms with Crippen molar-refractivity contribution in [3.8, 4) is 5.75 Å². The molecule has 7 heteroatoms. The van der Waals surface area contributed by atoms with Crippen molar-refractivity contribution in [1.82, 2.24) is 0 Å². The molecule has 0 N–H and O–H groups in total. The lowest BCUT2D eigenvalue weighted by Crippen LogP contribution is -2.43. The van der Waals surface area contributed by atoms with E-state index < -0.39 is 24.0 Å². The molecule has 2 aliphatic rings. The molecule has 7 nitrogen and oxygen atoms in total. The van der Waals surface area contributed by atoms with Gasteiger partial charge in [-0.2, -0.15) is 0 Å². The zero-order valence-electron chi connectivity index (χ0n) is 26.1. The number of ether oxygens (including phenoxy) is 2. The SMILES string of the molecule is CCCCCCCCCCCCCCCCCCOc1ccccc1N1C(=O)OC(C(=O)N2CCc3ccccc32)C1=O. The van der Waals surface area contributed by atoms with Crippen molar-refractivity contribution in [2.75, 3.05) is 23.0 Å². The fraction of sp³-hybridized carbons (Fsp3) is 0.583. The summed E-state index contributed by atoms with van der Waals surface area (Å²) in [6, 6.07) is 14.5. The van der Waals surface area contributed by atoms with Crippen molar-refractivity contribution in [2.24, 2.45) is 0 Å².